The number of amides is 1. The van der Waals surface area contributed by atoms with Crippen molar-refractivity contribution in [1.82, 2.24) is 4.90 Å². The summed E-state index contributed by atoms with van der Waals surface area (Å²) in [4.78, 5) is 12.4. The summed E-state index contributed by atoms with van der Waals surface area (Å²) >= 11 is 0. The summed E-state index contributed by atoms with van der Waals surface area (Å²) in [6, 6.07) is -0.322. The third kappa shape index (κ3) is 2.38. The second-order valence-corrected chi connectivity index (χ2v) is 6.02. The molecule has 0 aliphatic carbocycles. The van der Waals surface area contributed by atoms with Crippen molar-refractivity contribution < 1.29 is 27.2 Å². The second kappa shape index (κ2) is 4.11. The van der Waals surface area contributed by atoms with Gasteiger partial charge < -0.3 is 9.84 Å². The quantitative estimate of drug-likeness (QED) is 0.718. The lowest BCUT2D eigenvalue weighted by Gasteiger charge is -2.51. The van der Waals surface area contributed by atoms with E-state index >= 15 is 0 Å². The number of fused-ring (bicyclic) bond motifs is 2. The van der Waals surface area contributed by atoms with Crippen molar-refractivity contribution in [3.63, 3.8) is 0 Å². The molecule has 0 radical (unpaired) electrons. The Kier molecular flexibility index (Phi) is 3.04. The summed E-state index contributed by atoms with van der Waals surface area (Å²) < 4.78 is 32.8. The highest BCUT2D eigenvalue weighted by Crippen LogP contribution is 2.38. The van der Waals surface area contributed by atoms with E-state index in [1.807, 2.05) is 0 Å². The van der Waals surface area contributed by atoms with Crippen LogP contribution in [0, 0.1) is 0 Å². The Morgan fingerprint density at radius 1 is 1.59 bits per heavy atom. The fraction of sp³-hybridized carbons (Fsp3) is 0.889. The monoisotopic (exact) mass is 265 g/mol. The van der Waals surface area contributed by atoms with Crippen LogP contribution in [0.5, 0.6) is 0 Å². The van der Waals surface area contributed by atoms with Crippen LogP contribution in [0.3, 0.4) is 0 Å². The average molecular weight is 265 g/mol. The van der Waals surface area contributed by atoms with Gasteiger partial charge in [0, 0.05) is 0 Å². The van der Waals surface area contributed by atoms with Gasteiger partial charge in [0.15, 0.2) is 5.72 Å². The summed E-state index contributed by atoms with van der Waals surface area (Å²) in [5, 5.41) is 9.20. The molecule has 0 saturated carbocycles. The van der Waals surface area contributed by atoms with Crippen molar-refractivity contribution >= 4 is 16.2 Å². The van der Waals surface area contributed by atoms with Crippen molar-refractivity contribution in [1.29, 1.82) is 0 Å². The molecule has 2 saturated heterocycles. The summed E-state index contributed by atoms with van der Waals surface area (Å²) in [7, 11) is -3.74. The van der Waals surface area contributed by atoms with Crippen molar-refractivity contribution in [2.45, 2.75) is 31.0 Å². The topological polar surface area (TPSA) is 93.1 Å². The van der Waals surface area contributed by atoms with Gasteiger partial charge in [-0.2, -0.15) is 8.42 Å². The first-order valence-electron chi connectivity index (χ1n) is 5.35. The molecular weight excluding hydrogens is 250 g/mol. The van der Waals surface area contributed by atoms with Crippen molar-refractivity contribution in [3.05, 3.63) is 0 Å². The molecule has 8 heteroatoms. The third-order valence-electron chi connectivity index (χ3n) is 3.06. The van der Waals surface area contributed by atoms with Gasteiger partial charge in [0.25, 0.3) is 10.1 Å². The molecular formula is C9H15NO6S. The largest absolute Gasteiger partial charge is 0.465 e. The number of carbonyl (C=O) groups is 1. The van der Waals surface area contributed by atoms with Crippen LogP contribution in [-0.4, -0.2) is 55.8 Å². The molecule has 1 amide bonds. The minimum Gasteiger partial charge on any atom is -0.465 e. The van der Waals surface area contributed by atoms with Gasteiger partial charge in [-0.15, -0.1) is 0 Å². The maximum absolute atomic E-state index is 11.3. The van der Waals surface area contributed by atoms with Crippen LogP contribution in [-0.2, 0) is 19.0 Å². The lowest BCUT2D eigenvalue weighted by Crippen LogP contribution is -2.67. The zero-order valence-corrected chi connectivity index (χ0v) is 10.3. The minimum atomic E-state index is -3.74. The summed E-state index contributed by atoms with van der Waals surface area (Å²) in [5.74, 6) is 0. The van der Waals surface area contributed by atoms with E-state index in [0.717, 1.165) is 17.6 Å². The van der Waals surface area contributed by atoms with E-state index in [9.17, 15) is 18.3 Å². The molecule has 2 rings (SSSR count). The molecule has 0 aromatic rings. The molecule has 2 bridgehead atoms. The van der Waals surface area contributed by atoms with Crippen LogP contribution in [0.2, 0.25) is 0 Å². The zero-order valence-electron chi connectivity index (χ0n) is 9.46. The molecule has 2 aliphatic rings. The van der Waals surface area contributed by atoms with E-state index in [1.165, 1.54) is 0 Å². The fourth-order valence-corrected chi connectivity index (χ4v) is 3.34. The number of nitrogens with zero attached hydrogens (tertiary/aromatic N) is 1. The number of hydrogen-bond donors (Lipinski definition) is 1. The Balaban J connectivity index is 2.35. The van der Waals surface area contributed by atoms with Gasteiger partial charge in [0.1, 0.15) is 0 Å². The average Bonchev–Trinajstić information content (AvgIpc) is 2.12. The normalized spacial score (nSPS) is 33.5. The van der Waals surface area contributed by atoms with E-state index in [0.29, 0.717) is 19.4 Å². The first-order valence-corrected chi connectivity index (χ1v) is 7.16. The molecule has 2 aliphatic heterocycles. The highest BCUT2D eigenvalue weighted by Gasteiger charge is 2.52. The van der Waals surface area contributed by atoms with Gasteiger partial charge in [0.05, 0.1) is 25.5 Å². The summed E-state index contributed by atoms with van der Waals surface area (Å²) in [6.45, 7) is 0.254. The molecule has 1 N–H and O–H groups in total. The molecule has 2 heterocycles. The maximum Gasteiger partial charge on any atom is 0.410 e. The lowest BCUT2D eigenvalue weighted by molar-refractivity contribution is -0.198. The van der Waals surface area contributed by atoms with Gasteiger partial charge in [0.2, 0.25) is 0 Å². The van der Waals surface area contributed by atoms with Gasteiger partial charge >= 0.3 is 6.09 Å². The third-order valence-corrected chi connectivity index (χ3v) is 3.67. The standard InChI is InChI=1S/C9H15NO6S/c1-17(13,14)16-9-4-2-3-7(5-15-6-9)10(9)8(11)12/h7H,2-6H2,1H3,(H,11,12). The van der Waals surface area contributed by atoms with Gasteiger partial charge in [-0.3, -0.25) is 4.90 Å². The highest BCUT2D eigenvalue weighted by atomic mass is 32.2. The predicted molar refractivity (Wildman–Crippen MR) is 57.0 cm³/mol. The number of rotatable bonds is 2. The molecule has 0 spiro atoms. The van der Waals surface area contributed by atoms with Crippen LogP contribution in [0.1, 0.15) is 19.3 Å². The number of hydrogen-bond acceptors (Lipinski definition) is 5. The molecule has 7 nitrogen and oxygen atoms in total. The molecule has 0 aromatic heterocycles. The molecule has 98 valence electrons. The second-order valence-electron chi connectivity index (χ2n) is 4.45. The Morgan fingerprint density at radius 2 is 2.29 bits per heavy atom. The Bertz CT molecular complexity index is 409. The van der Waals surface area contributed by atoms with Crippen LogP contribution < -0.4 is 0 Å². The van der Waals surface area contributed by atoms with E-state index in [1.54, 1.807) is 0 Å². The molecule has 2 atom stereocenters. The minimum absolute atomic E-state index is 0.0388. The SMILES string of the molecule is CS(=O)(=O)OC12CCCC(COC1)N2C(=O)O. The first-order chi connectivity index (χ1) is 7.84. The lowest BCUT2D eigenvalue weighted by atomic mass is 9.92. The predicted octanol–water partition coefficient (Wildman–Crippen LogP) is 0.222. The van der Waals surface area contributed by atoms with E-state index in [2.05, 4.69) is 0 Å². The Morgan fingerprint density at radius 3 is 2.88 bits per heavy atom. The van der Waals surface area contributed by atoms with Crippen LogP contribution in [0.25, 0.3) is 0 Å². The molecule has 17 heavy (non-hydrogen) atoms. The summed E-state index contributed by atoms with van der Waals surface area (Å²) in [6.07, 6.45) is 1.49. The molecule has 2 fully saturated rings. The summed E-state index contributed by atoms with van der Waals surface area (Å²) in [5.41, 5.74) is -1.37. The van der Waals surface area contributed by atoms with E-state index in [-0.39, 0.29) is 12.6 Å². The number of carboxylic acid groups (broad SMARTS) is 1. The van der Waals surface area contributed by atoms with E-state index < -0.39 is 21.9 Å². The first kappa shape index (κ1) is 12.6. The highest BCUT2D eigenvalue weighted by molar-refractivity contribution is 7.86. The van der Waals surface area contributed by atoms with E-state index in [4.69, 9.17) is 8.92 Å². The number of morpholine rings is 1. The van der Waals surface area contributed by atoms with Crippen molar-refractivity contribution in [2.24, 2.45) is 0 Å². The van der Waals surface area contributed by atoms with Gasteiger partial charge in [-0.25, -0.2) is 8.98 Å². The van der Waals surface area contributed by atoms with Crippen LogP contribution in [0.15, 0.2) is 0 Å². The van der Waals surface area contributed by atoms with Gasteiger partial charge in [-0.1, -0.05) is 0 Å². The number of ether oxygens (including phenoxy) is 1. The van der Waals surface area contributed by atoms with Gasteiger partial charge in [-0.05, 0) is 19.3 Å². The fourth-order valence-electron chi connectivity index (χ4n) is 2.57. The van der Waals surface area contributed by atoms with Crippen molar-refractivity contribution in [3.8, 4) is 0 Å². The Labute approximate surface area is 99.4 Å². The Hall–Kier alpha value is -0.860. The smallest absolute Gasteiger partial charge is 0.410 e. The van der Waals surface area contributed by atoms with Crippen molar-refractivity contribution in [2.75, 3.05) is 19.5 Å². The molecule has 0 aromatic carbocycles. The number of piperidine rings is 1. The zero-order chi connectivity index (χ0) is 12.7. The molecule has 2 unspecified atom stereocenters. The van der Waals surface area contributed by atoms with Crippen LogP contribution >= 0.6 is 0 Å². The van der Waals surface area contributed by atoms with Crippen LogP contribution in [0.4, 0.5) is 4.79 Å². The maximum atomic E-state index is 11.3.